The molecule has 23 heavy (non-hydrogen) atoms. The van der Waals surface area contributed by atoms with Crippen LogP contribution >= 0.6 is 95.6 Å². The lowest BCUT2D eigenvalue weighted by atomic mass is 9.77. The zero-order valence-corrected chi connectivity index (χ0v) is 20.8. The molecular formula is C15H10Br6O2. The van der Waals surface area contributed by atoms with Gasteiger partial charge in [0.05, 0.1) is 5.41 Å². The van der Waals surface area contributed by atoms with Gasteiger partial charge in [-0.05, 0) is 35.4 Å². The fourth-order valence-electron chi connectivity index (χ4n) is 2.40. The molecule has 0 saturated carbocycles. The van der Waals surface area contributed by atoms with E-state index in [-0.39, 0.29) is 11.5 Å². The molecule has 0 aromatic heterocycles. The fraction of sp³-hybridized carbons (Fsp3) is 0.200. The topological polar surface area (TPSA) is 40.5 Å². The van der Waals surface area contributed by atoms with Crippen LogP contribution in [0.5, 0.6) is 11.5 Å². The number of aromatic hydroxyl groups is 2. The van der Waals surface area contributed by atoms with Crippen LogP contribution in [0.4, 0.5) is 0 Å². The van der Waals surface area contributed by atoms with Gasteiger partial charge in [-0.3, -0.25) is 0 Å². The number of phenols is 2. The molecule has 0 aliphatic rings. The monoisotopic (exact) mass is 696 g/mol. The summed E-state index contributed by atoms with van der Waals surface area (Å²) in [6.07, 6.45) is 0. The van der Waals surface area contributed by atoms with Crippen LogP contribution in [0.3, 0.4) is 0 Å². The van der Waals surface area contributed by atoms with Gasteiger partial charge in [0.2, 0.25) is 0 Å². The second-order valence-corrected chi connectivity index (χ2v) is 18.4. The molecule has 0 saturated heterocycles. The number of hydrogen-bond acceptors (Lipinski definition) is 2. The maximum atomic E-state index is 9.63. The number of halogens is 6. The van der Waals surface area contributed by atoms with Crippen molar-refractivity contribution in [3.05, 3.63) is 59.7 Å². The SMILES string of the molecule is Oc1ccc(C(c2ccc(O)cc2)(C(Br)(Br)Br)C(Br)(Br)Br)cc1. The molecule has 2 nitrogen and oxygen atoms in total. The smallest absolute Gasteiger partial charge is 0.151 e. The molecule has 8 heteroatoms. The molecule has 0 aliphatic carbocycles. The zero-order chi connectivity index (χ0) is 17.5. The third-order valence-corrected chi connectivity index (χ3v) is 7.02. The summed E-state index contributed by atoms with van der Waals surface area (Å²) in [4.78, 5) is 0. The first kappa shape index (κ1) is 20.2. The Bertz CT molecular complexity index is 610. The first-order valence-electron chi connectivity index (χ1n) is 6.22. The Hall–Kier alpha value is 0.920. The molecule has 0 heterocycles. The van der Waals surface area contributed by atoms with E-state index in [9.17, 15) is 10.2 Å². The predicted molar refractivity (Wildman–Crippen MR) is 116 cm³/mol. The predicted octanol–water partition coefficient (Wildman–Crippen LogP) is 7.06. The molecule has 2 N–H and O–H groups in total. The molecule has 0 unspecified atom stereocenters. The number of phenolic OH excluding ortho intramolecular Hbond substituents is 2. The van der Waals surface area contributed by atoms with Crippen LogP contribution in [0.25, 0.3) is 0 Å². The van der Waals surface area contributed by atoms with Crippen molar-refractivity contribution in [1.82, 2.24) is 0 Å². The highest BCUT2D eigenvalue weighted by Gasteiger charge is 2.60. The Labute approximate surface area is 184 Å². The molecule has 0 spiro atoms. The summed E-state index contributed by atoms with van der Waals surface area (Å²) >= 11 is 22.0. The Morgan fingerprint density at radius 2 is 0.783 bits per heavy atom. The van der Waals surface area contributed by atoms with Crippen LogP contribution in [0.2, 0.25) is 0 Å². The first-order chi connectivity index (χ1) is 10.5. The normalized spacial score (nSPS) is 13.1. The molecule has 0 atom stereocenters. The molecule has 2 rings (SSSR count). The van der Waals surface area contributed by atoms with Crippen molar-refractivity contribution in [3.63, 3.8) is 0 Å². The number of rotatable bonds is 2. The minimum absolute atomic E-state index is 0.182. The summed E-state index contributed by atoms with van der Waals surface area (Å²) in [6, 6.07) is 13.8. The lowest BCUT2D eigenvalue weighted by Crippen LogP contribution is -2.50. The lowest BCUT2D eigenvalue weighted by Gasteiger charge is -2.47. The summed E-state index contributed by atoms with van der Waals surface area (Å²) in [5.74, 6) is 0.365. The molecular weight excluding hydrogens is 692 g/mol. The molecule has 0 radical (unpaired) electrons. The molecule has 0 fully saturated rings. The Morgan fingerprint density at radius 1 is 0.522 bits per heavy atom. The Kier molecular flexibility index (Phi) is 6.40. The van der Waals surface area contributed by atoms with Crippen molar-refractivity contribution in [3.8, 4) is 11.5 Å². The summed E-state index contributed by atoms with van der Waals surface area (Å²) in [5.41, 5.74) is 0.996. The van der Waals surface area contributed by atoms with Crippen molar-refractivity contribution in [1.29, 1.82) is 0 Å². The van der Waals surface area contributed by atoms with Crippen molar-refractivity contribution in [2.24, 2.45) is 0 Å². The highest BCUT2D eigenvalue weighted by molar-refractivity contribution is 9.40. The Balaban J connectivity index is 2.86. The highest BCUT2D eigenvalue weighted by atomic mass is 80.0. The molecule has 0 bridgehead atoms. The first-order valence-corrected chi connectivity index (χ1v) is 11.0. The van der Waals surface area contributed by atoms with Crippen molar-refractivity contribution in [2.75, 3.05) is 0 Å². The van der Waals surface area contributed by atoms with Crippen LogP contribution in [0.15, 0.2) is 48.5 Å². The van der Waals surface area contributed by atoms with Crippen molar-refractivity contribution < 1.29 is 10.2 Å². The lowest BCUT2D eigenvalue weighted by molar-refractivity contribution is 0.473. The summed E-state index contributed by atoms with van der Waals surface area (Å²) in [6.45, 7) is 0. The maximum Gasteiger partial charge on any atom is 0.151 e. The third kappa shape index (κ3) is 3.87. The fourth-order valence-corrected chi connectivity index (χ4v) is 9.33. The highest BCUT2D eigenvalue weighted by Crippen LogP contribution is 2.66. The zero-order valence-electron chi connectivity index (χ0n) is 11.3. The largest absolute Gasteiger partial charge is 0.508 e. The van der Waals surface area contributed by atoms with Crippen LogP contribution in [0, 0.1) is 0 Å². The molecule has 2 aromatic carbocycles. The van der Waals surface area contributed by atoms with Gasteiger partial charge in [0.25, 0.3) is 0 Å². The average molecular weight is 702 g/mol. The van der Waals surface area contributed by atoms with E-state index in [2.05, 4.69) is 95.6 Å². The third-order valence-electron chi connectivity index (χ3n) is 3.45. The summed E-state index contributed by atoms with van der Waals surface area (Å²) in [7, 11) is 0. The van der Waals surface area contributed by atoms with Gasteiger partial charge in [-0.25, -0.2) is 0 Å². The van der Waals surface area contributed by atoms with Gasteiger partial charge >= 0.3 is 0 Å². The minimum Gasteiger partial charge on any atom is -0.508 e. The average Bonchev–Trinajstić information content (AvgIpc) is 2.40. The van der Waals surface area contributed by atoms with E-state index in [1.54, 1.807) is 24.3 Å². The van der Waals surface area contributed by atoms with Crippen molar-refractivity contribution >= 4 is 95.6 Å². The van der Waals surface area contributed by atoms with Gasteiger partial charge in [0, 0.05) is 0 Å². The van der Waals surface area contributed by atoms with Crippen molar-refractivity contribution in [2.45, 2.75) is 9.70 Å². The van der Waals surface area contributed by atoms with E-state index >= 15 is 0 Å². The van der Waals surface area contributed by atoms with E-state index in [1.807, 2.05) is 24.3 Å². The van der Waals surface area contributed by atoms with E-state index < -0.39 is 9.70 Å². The second kappa shape index (κ2) is 7.27. The van der Waals surface area contributed by atoms with Gasteiger partial charge in [-0.2, -0.15) is 0 Å². The summed E-state index contributed by atoms with van der Waals surface area (Å²) < 4.78 is -1.55. The Morgan fingerprint density at radius 3 is 1.00 bits per heavy atom. The standard InChI is InChI=1S/C15H10Br6O2/c16-14(17,18)13(15(19,20)21,9-1-5-11(22)6-2-9)10-3-7-12(23)8-4-10/h1-8,22-23H. The van der Waals surface area contributed by atoms with Gasteiger partial charge in [-0.15, -0.1) is 0 Å². The molecule has 2 aromatic rings. The van der Waals surface area contributed by atoms with Gasteiger partial charge in [0.15, 0.2) is 4.29 Å². The van der Waals surface area contributed by atoms with Crippen LogP contribution in [-0.2, 0) is 5.41 Å². The van der Waals surface area contributed by atoms with Gasteiger partial charge in [0.1, 0.15) is 11.5 Å². The quantitative estimate of drug-likeness (QED) is 0.330. The minimum atomic E-state index is -0.776. The number of alkyl halides is 6. The van der Waals surface area contributed by atoms with E-state index in [1.165, 1.54) is 0 Å². The van der Waals surface area contributed by atoms with E-state index in [0.717, 1.165) is 11.1 Å². The maximum absolute atomic E-state index is 9.63. The van der Waals surface area contributed by atoms with Crippen LogP contribution < -0.4 is 0 Å². The molecule has 0 aliphatic heterocycles. The summed E-state index contributed by atoms with van der Waals surface area (Å²) in [5, 5.41) is 19.3. The second-order valence-electron chi connectivity index (χ2n) is 4.84. The van der Waals surface area contributed by atoms with E-state index in [4.69, 9.17) is 0 Å². The van der Waals surface area contributed by atoms with Gasteiger partial charge < -0.3 is 10.2 Å². The number of benzene rings is 2. The molecule has 124 valence electrons. The van der Waals surface area contributed by atoms with Crippen LogP contribution in [0.1, 0.15) is 11.1 Å². The number of hydrogen-bond donors (Lipinski definition) is 2. The van der Waals surface area contributed by atoms with Crippen LogP contribution in [-0.4, -0.2) is 14.5 Å². The van der Waals surface area contributed by atoms with E-state index in [0.29, 0.717) is 0 Å². The van der Waals surface area contributed by atoms with Gasteiger partial charge in [-0.1, -0.05) is 120 Å². The molecule has 0 amide bonds.